The number of pyridine rings is 1. The van der Waals surface area contributed by atoms with Crippen LogP contribution in [0.4, 0.5) is 16.2 Å². The number of amides is 2. The summed E-state index contributed by atoms with van der Waals surface area (Å²) in [6, 6.07) is 14.7. The van der Waals surface area contributed by atoms with Gasteiger partial charge in [0.25, 0.3) is 0 Å². The van der Waals surface area contributed by atoms with Crippen LogP contribution >= 0.6 is 15.9 Å². The summed E-state index contributed by atoms with van der Waals surface area (Å²) in [5.74, 6) is 0.951. The Bertz CT molecular complexity index is 1700. The third-order valence-electron chi connectivity index (χ3n) is 8.57. The zero-order valence-corrected chi connectivity index (χ0v) is 29.8. The summed E-state index contributed by atoms with van der Waals surface area (Å²) < 4.78 is 16.9. The zero-order chi connectivity index (χ0) is 35.0. The maximum absolute atomic E-state index is 12.9. The fourth-order valence-corrected chi connectivity index (χ4v) is 6.33. The average Bonchev–Trinajstić information content (AvgIpc) is 3.52. The van der Waals surface area contributed by atoms with Crippen LogP contribution in [0.25, 0.3) is 22.2 Å². The minimum Gasteiger partial charge on any atom is -0.444 e. The first-order chi connectivity index (χ1) is 23.5. The molecule has 0 radical (unpaired) electrons. The molecule has 7 N–H and O–H groups in total. The molecule has 0 aliphatic carbocycles. The number of carbonyl (C=O) groups excluding carboxylic acids is 2. The molecule has 2 fully saturated rings. The molecule has 13 heteroatoms. The number of carbonyl (C=O) groups is 2. The number of rotatable bonds is 7. The number of ether oxygens (including phenoxy) is 3. The van der Waals surface area contributed by atoms with Crippen LogP contribution in [0.2, 0.25) is 0 Å². The van der Waals surface area contributed by atoms with Crippen molar-refractivity contribution >= 4 is 50.3 Å². The highest BCUT2D eigenvalue weighted by atomic mass is 79.9. The third-order valence-corrected chi connectivity index (χ3v) is 9.06. The Balaban J connectivity index is 0.000000192. The van der Waals surface area contributed by atoms with Crippen molar-refractivity contribution in [2.75, 3.05) is 37.5 Å². The fourth-order valence-electron chi connectivity index (χ4n) is 5.95. The van der Waals surface area contributed by atoms with Gasteiger partial charge in [-0.3, -0.25) is 9.78 Å². The minimum absolute atomic E-state index is 0.0343. The first-order valence-corrected chi connectivity index (χ1v) is 17.4. The molecule has 0 unspecified atom stereocenters. The Morgan fingerprint density at radius 3 is 2.22 bits per heavy atom. The number of hydrogen-bond acceptors (Lipinski definition) is 9. The summed E-state index contributed by atoms with van der Waals surface area (Å²) in [4.78, 5) is 37.2. The van der Waals surface area contributed by atoms with Gasteiger partial charge in [-0.1, -0.05) is 22.0 Å². The maximum atomic E-state index is 12.9. The van der Waals surface area contributed by atoms with E-state index < -0.39 is 17.7 Å². The van der Waals surface area contributed by atoms with Crippen molar-refractivity contribution in [1.29, 1.82) is 0 Å². The van der Waals surface area contributed by atoms with E-state index in [0.29, 0.717) is 43.3 Å². The number of H-pyrrole nitrogens is 1. The van der Waals surface area contributed by atoms with Crippen LogP contribution < -0.4 is 22.1 Å². The summed E-state index contributed by atoms with van der Waals surface area (Å²) >= 11 is 3.33. The number of nitrogen functional groups attached to an aromatic ring is 1. The van der Waals surface area contributed by atoms with E-state index in [1.54, 1.807) is 51.4 Å². The van der Waals surface area contributed by atoms with Gasteiger partial charge >= 0.3 is 6.09 Å². The molecule has 4 aromatic rings. The van der Waals surface area contributed by atoms with E-state index in [1.165, 1.54) is 0 Å². The standard InChI is InChI=1S/C18H26BrN3O4.C18H20N4O/c1-18(2,3)26-17(24)22-15(11-6-8-25-9-7-11)16(23)21-14-5-4-12(19)10-13(14)20;19-17(13-5-9-23-10-6-13)18-21-15-2-1-14(11-16(15)22-18)12-3-7-20-8-4-12/h4-5,10-11,15H,6-9,20H2,1-3H3,(H,21,23)(H,22,24);1-4,7-8,11,13,17H,5-6,9-10,19H2,(H,21,22)/t15-;17-/m11/s1. The van der Waals surface area contributed by atoms with Gasteiger partial charge in [0.15, 0.2) is 0 Å². The number of alkyl carbamates (subject to hydrolysis) is 1. The predicted octanol–water partition coefficient (Wildman–Crippen LogP) is 6.34. The van der Waals surface area contributed by atoms with Crippen molar-refractivity contribution in [2.45, 2.75) is 64.1 Å². The number of nitrogens with zero attached hydrogens (tertiary/aromatic N) is 2. The Hall–Kier alpha value is -4.04. The van der Waals surface area contributed by atoms with E-state index in [1.807, 2.05) is 18.2 Å². The number of nitrogens with one attached hydrogen (secondary N) is 3. The second-order valence-electron chi connectivity index (χ2n) is 13.4. The number of aromatic amines is 1. The predicted molar refractivity (Wildman–Crippen MR) is 194 cm³/mol. The number of aromatic nitrogens is 3. The van der Waals surface area contributed by atoms with Crippen molar-refractivity contribution < 1.29 is 23.8 Å². The van der Waals surface area contributed by atoms with Crippen LogP contribution in [0.15, 0.2) is 65.4 Å². The normalized spacial score (nSPS) is 17.0. The minimum atomic E-state index is -0.725. The monoisotopic (exact) mass is 735 g/mol. The molecular formula is C36H46BrN7O5. The fraction of sp³-hybridized carbons (Fsp3) is 0.444. The molecule has 2 amide bonds. The lowest BCUT2D eigenvalue weighted by Crippen LogP contribution is -2.51. The molecule has 2 aromatic heterocycles. The number of imidazole rings is 1. The van der Waals surface area contributed by atoms with Gasteiger partial charge in [-0.25, -0.2) is 9.78 Å². The molecule has 0 bridgehead atoms. The van der Waals surface area contributed by atoms with Gasteiger partial charge in [-0.15, -0.1) is 0 Å². The van der Waals surface area contributed by atoms with E-state index in [-0.39, 0.29) is 17.9 Å². The Labute approximate surface area is 295 Å². The van der Waals surface area contributed by atoms with Crippen LogP contribution in [-0.4, -0.2) is 65.0 Å². The van der Waals surface area contributed by atoms with Gasteiger partial charge < -0.3 is 41.3 Å². The lowest BCUT2D eigenvalue weighted by Gasteiger charge is -2.31. The summed E-state index contributed by atoms with van der Waals surface area (Å²) in [6.07, 6.45) is 6.36. The lowest BCUT2D eigenvalue weighted by molar-refractivity contribution is -0.120. The van der Waals surface area contributed by atoms with E-state index >= 15 is 0 Å². The maximum Gasteiger partial charge on any atom is 0.408 e. The molecule has 2 aliphatic rings. The van der Waals surface area contributed by atoms with Crippen molar-refractivity contribution in [3.05, 3.63) is 71.2 Å². The summed E-state index contributed by atoms with van der Waals surface area (Å²) in [7, 11) is 0. The van der Waals surface area contributed by atoms with Crippen molar-refractivity contribution in [1.82, 2.24) is 20.3 Å². The molecule has 2 atom stereocenters. The number of halogens is 1. The van der Waals surface area contributed by atoms with Gasteiger partial charge in [0.1, 0.15) is 17.5 Å². The molecule has 0 saturated carbocycles. The first kappa shape index (κ1) is 36.2. The van der Waals surface area contributed by atoms with Gasteiger partial charge in [0.2, 0.25) is 5.91 Å². The molecule has 12 nitrogen and oxygen atoms in total. The smallest absolute Gasteiger partial charge is 0.408 e. The molecule has 4 heterocycles. The van der Waals surface area contributed by atoms with Crippen LogP contribution in [0.5, 0.6) is 0 Å². The molecule has 2 aliphatic heterocycles. The van der Waals surface area contributed by atoms with Crippen LogP contribution in [-0.2, 0) is 19.0 Å². The summed E-state index contributed by atoms with van der Waals surface area (Å²) in [6.45, 7) is 8.04. The largest absolute Gasteiger partial charge is 0.444 e. The number of hydrogen-bond donors (Lipinski definition) is 5. The highest BCUT2D eigenvalue weighted by molar-refractivity contribution is 9.10. The van der Waals surface area contributed by atoms with Gasteiger partial charge in [-0.05, 0) is 112 Å². The summed E-state index contributed by atoms with van der Waals surface area (Å²) in [5, 5.41) is 5.52. The van der Waals surface area contributed by atoms with Gasteiger partial charge in [0, 0.05) is 43.3 Å². The van der Waals surface area contributed by atoms with Crippen molar-refractivity contribution in [2.24, 2.45) is 17.6 Å². The highest BCUT2D eigenvalue weighted by Crippen LogP contribution is 2.30. The van der Waals surface area contributed by atoms with E-state index in [2.05, 4.69) is 53.6 Å². The number of nitrogens with two attached hydrogens (primary N) is 2. The Morgan fingerprint density at radius 1 is 0.939 bits per heavy atom. The second-order valence-corrected chi connectivity index (χ2v) is 14.3. The van der Waals surface area contributed by atoms with E-state index in [9.17, 15) is 9.59 Å². The molecule has 6 rings (SSSR count). The first-order valence-electron chi connectivity index (χ1n) is 16.6. The highest BCUT2D eigenvalue weighted by Gasteiger charge is 2.33. The van der Waals surface area contributed by atoms with Gasteiger partial charge in [0.05, 0.1) is 28.5 Å². The molecule has 0 spiro atoms. The van der Waals surface area contributed by atoms with Crippen LogP contribution in [0.1, 0.15) is 58.3 Å². The van der Waals surface area contributed by atoms with Crippen LogP contribution in [0, 0.1) is 11.8 Å². The van der Waals surface area contributed by atoms with Crippen LogP contribution in [0.3, 0.4) is 0 Å². The average molecular weight is 737 g/mol. The van der Waals surface area contributed by atoms with E-state index in [0.717, 1.165) is 58.5 Å². The van der Waals surface area contributed by atoms with E-state index in [4.69, 9.17) is 25.7 Å². The zero-order valence-electron chi connectivity index (χ0n) is 28.2. The Morgan fingerprint density at radius 2 is 1.59 bits per heavy atom. The molecule has 2 aromatic carbocycles. The number of benzene rings is 2. The third kappa shape index (κ3) is 10.2. The van der Waals surface area contributed by atoms with Gasteiger partial charge in [-0.2, -0.15) is 0 Å². The molecule has 262 valence electrons. The summed E-state index contributed by atoms with van der Waals surface area (Å²) in [5.41, 5.74) is 17.0. The quantitative estimate of drug-likeness (QED) is 0.135. The number of anilines is 2. The lowest BCUT2D eigenvalue weighted by atomic mass is 9.91. The Kier molecular flexibility index (Phi) is 12.3. The van der Waals surface area contributed by atoms with Crippen molar-refractivity contribution in [3.63, 3.8) is 0 Å². The second kappa shape index (κ2) is 16.6. The van der Waals surface area contributed by atoms with Crippen molar-refractivity contribution in [3.8, 4) is 11.1 Å². The molecule has 2 saturated heterocycles. The molecule has 49 heavy (non-hydrogen) atoms. The topological polar surface area (TPSA) is 179 Å². The number of fused-ring (bicyclic) bond motifs is 1. The SMILES string of the molecule is CC(C)(C)OC(=O)N[C@@H](C(=O)Nc1ccc(Br)cc1N)C1CCOCC1.N[C@@H](c1nc2ccc(-c3ccncc3)cc2[nH]1)C1CCOCC1. The molecular weight excluding hydrogens is 690 g/mol.